The Morgan fingerprint density at radius 2 is 1.72 bits per heavy atom. The van der Waals surface area contributed by atoms with Crippen LogP contribution in [0.3, 0.4) is 0 Å². The molecule has 0 saturated heterocycles. The van der Waals surface area contributed by atoms with E-state index in [-0.39, 0.29) is 38.0 Å². The predicted molar refractivity (Wildman–Crippen MR) is 130 cm³/mol. The van der Waals surface area contributed by atoms with Gasteiger partial charge in [0.15, 0.2) is 5.69 Å². The first-order chi connectivity index (χ1) is 16.9. The molecule has 1 atom stereocenters. The number of halogens is 6. The van der Waals surface area contributed by atoms with Crippen LogP contribution in [-0.2, 0) is 6.18 Å². The van der Waals surface area contributed by atoms with Crippen molar-refractivity contribution in [2.75, 3.05) is 5.32 Å². The minimum absolute atomic E-state index is 0.0722. The fraction of sp³-hybridized carbons (Fsp3) is 0.304. The Labute approximate surface area is 218 Å². The molecule has 2 N–H and O–H groups in total. The molecule has 1 aromatic carbocycles. The smallest absolute Gasteiger partial charge is 0.349 e. The zero-order valence-corrected chi connectivity index (χ0v) is 21.1. The zero-order chi connectivity index (χ0) is 26.4. The quantitative estimate of drug-likeness (QED) is 0.368. The predicted octanol–water partition coefficient (Wildman–Crippen LogP) is 6.34. The van der Waals surface area contributed by atoms with Gasteiger partial charge in [-0.25, -0.2) is 4.68 Å². The molecule has 1 saturated carbocycles. The van der Waals surface area contributed by atoms with E-state index in [1.165, 1.54) is 12.1 Å². The van der Waals surface area contributed by atoms with Crippen LogP contribution < -0.4 is 10.6 Å². The molecule has 7 nitrogen and oxygen atoms in total. The van der Waals surface area contributed by atoms with Crippen molar-refractivity contribution in [3.8, 4) is 5.69 Å². The summed E-state index contributed by atoms with van der Waals surface area (Å²) in [4.78, 5) is 30.1. The third kappa shape index (κ3) is 5.45. The van der Waals surface area contributed by atoms with E-state index in [2.05, 4.69) is 20.7 Å². The van der Waals surface area contributed by atoms with Gasteiger partial charge in [-0.2, -0.15) is 18.3 Å². The molecule has 13 heteroatoms. The number of rotatable bonds is 6. The van der Waals surface area contributed by atoms with Crippen molar-refractivity contribution < 1.29 is 22.8 Å². The summed E-state index contributed by atoms with van der Waals surface area (Å²) in [5.74, 6) is -1.08. The van der Waals surface area contributed by atoms with E-state index < -0.39 is 29.4 Å². The highest BCUT2D eigenvalue weighted by molar-refractivity contribution is 6.37. The number of aromatic nitrogens is 3. The largest absolute Gasteiger partial charge is 0.435 e. The summed E-state index contributed by atoms with van der Waals surface area (Å²) in [6, 6.07) is 3.39. The van der Waals surface area contributed by atoms with Gasteiger partial charge in [0.25, 0.3) is 11.8 Å². The van der Waals surface area contributed by atoms with E-state index in [9.17, 15) is 22.8 Å². The molecular formula is C23H19Cl3F3N5O2. The van der Waals surface area contributed by atoms with Crippen molar-refractivity contribution in [3.63, 3.8) is 0 Å². The normalized spacial score (nSPS) is 14.4. The molecule has 36 heavy (non-hydrogen) atoms. The van der Waals surface area contributed by atoms with Gasteiger partial charge in [-0.15, -0.1) is 0 Å². The maximum absolute atomic E-state index is 13.5. The second-order valence-corrected chi connectivity index (χ2v) is 9.73. The third-order valence-electron chi connectivity index (χ3n) is 5.74. The Bertz CT molecular complexity index is 1340. The lowest BCUT2D eigenvalue weighted by molar-refractivity contribution is -0.141. The number of nitrogens with one attached hydrogen (secondary N) is 2. The van der Waals surface area contributed by atoms with E-state index in [4.69, 9.17) is 34.8 Å². The summed E-state index contributed by atoms with van der Waals surface area (Å²) in [6.07, 6.45) is -0.526. The van der Waals surface area contributed by atoms with Gasteiger partial charge in [0.05, 0.1) is 21.3 Å². The average Bonchev–Trinajstić information content (AvgIpc) is 3.53. The number of pyridine rings is 1. The van der Waals surface area contributed by atoms with Crippen LogP contribution in [0, 0.1) is 12.8 Å². The minimum atomic E-state index is -4.85. The molecular weight excluding hydrogens is 542 g/mol. The maximum atomic E-state index is 13.5. The molecule has 0 bridgehead atoms. The van der Waals surface area contributed by atoms with E-state index in [1.807, 2.05) is 6.92 Å². The van der Waals surface area contributed by atoms with Gasteiger partial charge in [-0.3, -0.25) is 14.6 Å². The monoisotopic (exact) mass is 559 g/mol. The molecule has 2 aromatic heterocycles. The van der Waals surface area contributed by atoms with Gasteiger partial charge in [0.1, 0.15) is 11.4 Å². The molecule has 3 aromatic rings. The number of aryl methyl sites for hydroxylation is 1. The Hall–Kier alpha value is -2.82. The van der Waals surface area contributed by atoms with Crippen molar-refractivity contribution >= 4 is 52.3 Å². The summed E-state index contributed by atoms with van der Waals surface area (Å²) >= 11 is 18.4. The van der Waals surface area contributed by atoms with Gasteiger partial charge in [0, 0.05) is 29.5 Å². The minimum Gasteiger partial charge on any atom is -0.349 e. The molecule has 1 fully saturated rings. The van der Waals surface area contributed by atoms with Gasteiger partial charge < -0.3 is 10.6 Å². The van der Waals surface area contributed by atoms with Crippen LogP contribution >= 0.6 is 34.8 Å². The zero-order valence-electron chi connectivity index (χ0n) is 18.9. The summed E-state index contributed by atoms with van der Waals surface area (Å²) in [5.41, 5.74) is -1.40. The number of alkyl halides is 3. The second-order valence-electron chi connectivity index (χ2n) is 8.48. The van der Waals surface area contributed by atoms with Gasteiger partial charge in [-0.1, -0.05) is 34.8 Å². The Kier molecular flexibility index (Phi) is 7.23. The lowest BCUT2D eigenvalue weighted by atomic mass is 10.1. The van der Waals surface area contributed by atoms with Gasteiger partial charge in [-0.05, 0) is 50.3 Å². The Morgan fingerprint density at radius 3 is 2.31 bits per heavy atom. The van der Waals surface area contributed by atoms with E-state index in [0.29, 0.717) is 22.2 Å². The van der Waals surface area contributed by atoms with Crippen molar-refractivity contribution in [2.45, 2.75) is 38.9 Å². The fourth-order valence-corrected chi connectivity index (χ4v) is 4.52. The molecule has 1 unspecified atom stereocenters. The molecule has 0 radical (unpaired) electrons. The van der Waals surface area contributed by atoms with Gasteiger partial charge >= 0.3 is 6.18 Å². The molecule has 190 valence electrons. The first kappa shape index (κ1) is 26.2. The first-order valence-corrected chi connectivity index (χ1v) is 11.9. The molecule has 2 amide bonds. The average molecular weight is 561 g/mol. The number of hydrogen-bond acceptors (Lipinski definition) is 4. The number of hydrogen-bond donors (Lipinski definition) is 2. The van der Waals surface area contributed by atoms with Crippen LogP contribution in [0.2, 0.25) is 15.1 Å². The number of nitrogens with zero attached hydrogens (tertiary/aromatic N) is 3. The lowest BCUT2D eigenvalue weighted by Crippen LogP contribution is -2.34. The summed E-state index contributed by atoms with van der Waals surface area (Å²) in [7, 11) is 0. The molecule has 4 rings (SSSR count). The summed E-state index contributed by atoms with van der Waals surface area (Å²) in [6.45, 7) is 3.49. The van der Waals surface area contributed by atoms with Crippen molar-refractivity contribution in [1.82, 2.24) is 20.1 Å². The van der Waals surface area contributed by atoms with E-state index in [0.717, 1.165) is 25.2 Å². The molecule has 0 spiro atoms. The number of carbonyl (C=O) groups excluding carboxylic acids is 2. The standard InChI is InChI=1S/C23H19Cl3F3N5O2/c1-10-5-13(24)6-14(21(35)31-11(2)12-3-4-12)19(10)32-22(36)17-7-18(23(27,28)29)33-34(17)20-15(25)8-30-9-16(20)26/h5-9,11-12H,3-4H2,1-2H3,(H,31,35)(H,32,36). The SMILES string of the molecule is Cc1cc(Cl)cc(C(=O)NC(C)C2CC2)c1NC(=O)c1cc(C(F)(F)F)nn1-c1c(Cl)cncc1Cl. The van der Waals surface area contributed by atoms with E-state index >= 15 is 0 Å². The topological polar surface area (TPSA) is 88.9 Å². The van der Waals surface area contributed by atoms with Crippen LogP contribution in [0.5, 0.6) is 0 Å². The third-order valence-corrected chi connectivity index (χ3v) is 6.52. The van der Waals surface area contributed by atoms with Crippen LogP contribution in [0.15, 0.2) is 30.6 Å². The van der Waals surface area contributed by atoms with Crippen molar-refractivity contribution in [3.05, 3.63) is 68.2 Å². The highest BCUT2D eigenvalue weighted by atomic mass is 35.5. The molecule has 2 heterocycles. The van der Waals surface area contributed by atoms with Crippen LogP contribution in [0.1, 0.15) is 51.9 Å². The van der Waals surface area contributed by atoms with Gasteiger partial charge in [0.2, 0.25) is 0 Å². The summed E-state index contributed by atoms with van der Waals surface area (Å²) < 4.78 is 41.2. The second kappa shape index (κ2) is 9.91. The summed E-state index contributed by atoms with van der Waals surface area (Å²) in [5, 5.41) is 8.98. The molecule has 0 aliphatic heterocycles. The highest BCUT2D eigenvalue weighted by Gasteiger charge is 2.37. The number of carbonyl (C=O) groups is 2. The maximum Gasteiger partial charge on any atom is 0.435 e. The highest BCUT2D eigenvalue weighted by Crippen LogP contribution is 2.35. The van der Waals surface area contributed by atoms with E-state index in [1.54, 1.807) is 6.92 Å². The fourth-order valence-electron chi connectivity index (χ4n) is 3.72. The number of amides is 2. The van der Waals surface area contributed by atoms with Crippen LogP contribution in [-0.4, -0.2) is 32.6 Å². The van der Waals surface area contributed by atoms with Crippen molar-refractivity contribution in [1.29, 1.82) is 0 Å². The first-order valence-electron chi connectivity index (χ1n) is 10.8. The van der Waals surface area contributed by atoms with Crippen LogP contribution in [0.25, 0.3) is 5.69 Å². The van der Waals surface area contributed by atoms with Crippen LogP contribution in [0.4, 0.5) is 18.9 Å². The number of benzene rings is 1. The number of anilines is 1. The molecule has 1 aliphatic rings. The Balaban J connectivity index is 1.76. The molecule has 1 aliphatic carbocycles. The van der Waals surface area contributed by atoms with Crippen molar-refractivity contribution in [2.24, 2.45) is 5.92 Å². The lowest BCUT2D eigenvalue weighted by Gasteiger charge is -2.18. The Morgan fingerprint density at radius 1 is 1.08 bits per heavy atom.